The second-order valence-electron chi connectivity index (χ2n) is 6.81. The van der Waals surface area contributed by atoms with Gasteiger partial charge in [0.2, 0.25) is 11.8 Å². The van der Waals surface area contributed by atoms with Crippen LogP contribution in [0.15, 0.2) is 94.7 Å². The zero-order valence-electron chi connectivity index (χ0n) is 16.5. The van der Waals surface area contributed by atoms with E-state index in [0.29, 0.717) is 11.1 Å². The smallest absolute Gasteiger partial charge is 0.363 e. The molecular weight excluding hydrogens is 408 g/mol. The van der Waals surface area contributed by atoms with E-state index in [-0.39, 0.29) is 23.2 Å². The van der Waals surface area contributed by atoms with Gasteiger partial charge in [0, 0.05) is 35.9 Å². The Balaban J connectivity index is 1.37. The summed E-state index contributed by atoms with van der Waals surface area (Å²) in [6, 6.07) is 13.9. The summed E-state index contributed by atoms with van der Waals surface area (Å²) in [6.07, 6.45) is 9.79. The summed E-state index contributed by atoms with van der Waals surface area (Å²) in [5.41, 5.74) is 3.22. The highest BCUT2D eigenvalue weighted by molar-refractivity contribution is 6.14. The maximum Gasteiger partial charge on any atom is 0.363 e. The standard InChI is InChI=1S/C24H14N4O4/c29-23-19(13-15-5-9-25-10-6-15)27-21(31-23)17-1-2-18(4-3-17)22-28-20(24(30)32-22)14-16-7-11-26-12-8-16/h1-14H/b19-13-,20-14-. The van der Waals surface area contributed by atoms with Gasteiger partial charge in [0.25, 0.3) is 0 Å². The number of carbonyl (C=O) groups excluding carboxylic acids is 2. The van der Waals surface area contributed by atoms with Crippen molar-refractivity contribution >= 4 is 35.9 Å². The lowest BCUT2D eigenvalue weighted by atomic mass is 10.1. The van der Waals surface area contributed by atoms with Gasteiger partial charge in [-0.1, -0.05) is 0 Å². The van der Waals surface area contributed by atoms with Crippen molar-refractivity contribution in [3.63, 3.8) is 0 Å². The topological polar surface area (TPSA) is 103 Å². The van der Waals surface area contributed by atoms with Crippen molar-refractivity contribution in [1.82, 2.24) is 9.97 Å². The van der Waals surface area contributed by atoms with Crippen molar-refractivity contribution in [1.29, 1.82) is 0 Å². The number of aliphatic imine (C=N–C) groups is 2. The van der Waals surface area contributed by atoms with Gasteiger partial charge < -0.3 is 9.47 Å². The van der Waals surface area contributed by atoms with E-state index in [1.807, 2.05) is 0 Å². The molecule has 0 saturated heterocycles. The maximum absolute atomic E-state index is 12.2. The number of ether oxygens (including phenoxy) is 2. The summed E-state index contributed by atoms with van der Waals surface area (Å²) in [4.78, 5) is 40.8. The van der Waals surface area contributed by atoms with Gasteiger partial charge in [-0.15, -0.1) is 0 Å². The van der Waals surface area contributed by atoms with E-state index in [1.165, 1.54) is 0 Å². The first-order valence-electron chi connectivity index (χ1n) is 9.62. The number of benzene rings is 1. The number of hydrogen-bond acceptors (Lipinski definition) is 8. The van der Waals surface area contributed by atoms with Crippen LogP contribution in [0.25, 0.3) is 12.2 Å². The van der Waals surface area contributed by atoms with Crippen molar-refractivity contribution in [3.8, 4) is 0 Å². The second kappa shape index (κ2) is 8.19. The van der Waals surface area contributed by atoms with Crippen LogP contribution in [0.4, 0.5) is 0 Å². The highest BCUT2D eigenvalue weighted by Gasteiger charge is 2.26. The summed E-state index contributed by atoms with van der Waals surface area (Å²) in [6.45, 7) is 0. The molecule has 4 heterocycles. The van der Waals surface area contributed by atoms with E-state index in [9.17, 15) is 9.59 Å². The first-order valence-corrected chi connectivity index (χ1v) is 9.62. The Bertz CT molecular complexity index is 1220. The van der Waals surface area contributed by atoms with Crippen LogP contribution in [-0.4, -0.2) is 33.7 Å². The minimum Gasteiger partial charge on any atom is -0.402 e. The van der Waals surface area contributed by atoms with Crippen LogP contribution >= 0.6 is 0 Å². The molecule has 5 rings (SSSR count). The van der Waals surface area contributed by atoms with Crippen molar-refractivity contribution in [2.75, 3.05) is 0 Å². The number of nitrogens with zero attached hydrogens (tertiary/aromatic N) is 4. The normalized spacial score (nSPS) is 17.9. The van der Waals surface area contributed by atoms with E-state index in [1.54, 1.807) is 85.5 Å². The summed E-state index contributed by atoms with van der Waals surface area (Å²) in [7, 11) is 0. The zero-order chi connectivity index (χ0) is 21.9. The van der Waals surface area contributed by atoms with Crippen molar-refractivity contribution < 1.29 is 19.1 Å². The Kier molecular flexibility index (Phi) is 4.93. The molecule has 0 aliphatic carbocycles. The van der Waals surface area contributed by atoms with Crippen LogP contribution in [0.2, 0.25) is 0 Å². The van der Waals surface area contributed by atoms with Gasteiger partial charge in [-0.3, -0.25) is 9.97 Å². The van der Waals surface area contributed by atoms with Gasteiger partial charge in [0.05, 0.1) is 0 Å². The van der Waals surface area contributed by atoms with E-state index in [0.717, 1.165) is 11.1 Å². The number of esters is 2. The van der Waals surface area contributed by atoms with Crippen LogP contribution in [0.5, 0.6) is 0 Å². The number of pyridine rings is 2. The molecular formula is C24H14N4O4. The predicted octanol–water partition coefficient (Wildman–Crippen LogP) is 3.17. The number of aromatic nitrogens is 2. The molecule has 0 radical (unpaired) electrons. The lowest BCUT2D eigenvalue weighted by Gasteiger charge is -2.02. The van der Waals surface area contributed by atoms with Crippen LogP contribution in [0.1, 0.15) is 22.3 Å². The third-order valence-corrected chi connectivity index (χ3v) is 4.64. The average Bonchev–Trinajstić information content (AvgIpc) is 3.37. The minimum atomic E-state index is -0.527. The number of carbonyl (C=O) groups is 2. The van der Waals surface area contributed by atoms with Crippen molar-refractivity contribution in [2.45, 2.75) is 0 Å². The first kappa shape index (κ1) is 19.3. The molecule has 0 spiro atoms. The molecule has 0 amide bonds. The Morgan fingerprint density at radius 3 is 1.31 bits per heavy atom. The third-order valence-electron chi connectivity index (χ3n) is 4.64. The fourth-order valence-corrected chi connectivity index (χ4v) is 3.06. The SMILES string of the molecule is O=C1OC(c2ccc(C3=N/C(=C\c4ccncc4)C(=O)O3)cc2)=N/C1=C\c1ccncc1. The molecule has 2 aliphatic rings. The maximum atomic E-state index is 12.2. The molecule has 8 heteroatoms. The summed E-state index contributed by atoms with van der Waals surface area (Å²) in [5, 5.41) is 0. The molecule has 2 aromatic heterocycles. The minimum absolute atomic E-state index is 0.200. The van der Waals surface area contributed by atoms with Crippen LogP contribution in [-0.2, 0) is 19.1 Å². The summed E-state index contributed by atoms with van der Waals surface area (Å²) >= 11 is 0. The highest BCUT2D eigenvalue weighted by atomic mass is 16.6. The molecule has 0 fully saturated rings. The van der Waals surface area contributed by atoms with Gasteiger partial charge in [-0.2, -0.15) is 0 Å². The molecule has 0 N–H and O–H groups in total. The second-order valence-corrected chi connectivity index (χ2v) is 6.81. The third kappa shape index (κ3) is 3.97. The number of rotatable bonds is 4. The van der Waals surface area contributed by atoms with Gasteiger partial charge in [0.1, 0.15) is 0 Å². The average molecular weight is 422 g/mol. The van der Waals surface area contributed by atoms with Gasteiger partial charge in [-0.05, 0) is 71.8 Å². The molecule has 0 bridgehead atoms. The van der Waals surface area contributed by atoms with Gasteiger partial charge >= 0.3 is 11.9 Å². The summed E-state index contributed by atoms with van der Waals surface area (Å²) in [5.74, 6) is -0.655. The molecule has 0 saturated carbocycles. The molecule has 154 valence electrons. The molecule has 32 heavy (non-hydrogen) atoms. The fraction of sp³-hybridized carbons (Fsp3) is 0. The Labute approximate surface area is 182 Å². The monoisotopic (exact) mass is 422 g/mol. The van der Waals surface area contributed by atoms with E-state index >= 15 is 0 Å². The van der Waals surface area contributed by atoms with Gasteiger partial charge in [-0.25, -0.2) is 19.6 Å². The highest BCUT2D eigenvalue weighted by Crippen LogP contribution is 2.22. The van der Waals surface area contributed by atoms with Crippen molar-refractivity contribution in [2.24, 2.45) is 9.98 Å². The van der Waals surface area contributed by atoms with Crippen LogP contribution in [0.3, 0.4) is 0 Å². The van der Waals surface area contributed by atoms with Crippen molar-refractivity contribution in [3.05, 3.63) is 107 Å². The van der Waals surface area contributed by atoms with E-state index in [2.05, 4.69) is 20.0 Å². The largest absolute Gasteiger partial charge is 0.402 e. The Morgan fingerprint density at radius 1 is 0.562 bits per heavy atom. The Hall–Kier alpha value is -4.72. The van der Waals surface area contributed by atoms with Crippen LogP contribution < -0.4 is 0 Å². The molecule has 8 nitrogen and oxygen atoms in total. The number of cyclic esters (lactones) is 2. The van der Waals surface area contributed by atoms with Gasteiger partial charge in [0.15, 0.2) is 11.4 Å². The molecule has 2 aliphatic heterocycles. The van der Waals surface area contributed by atoms with E-state index in [4.69, 9.17) is 9.47 Å². The first-order chi connectivity index (χ1) is 15.7. The molecule has 0 unspecified atom stereocenters. The fourth-order valence-electron chi connectivity index (χ4n) is 3.06. The molecule has 0 atom stereocenters. The summed E-state index contributed by atoms with van der Waals surface area (Å²) < 4.78 is 10.6. The quantitative estimate of drug-likeness (QED) is 0.473. The predicted molar refractivity (Wildman–Crippen MR) is 116 cm³/mol. The Morgan fingerprint density at radius 2 is 0.938 bits per heavy atom. The zero-order valence-corrected chi connectivity index (χ0v) is 16.5. The number of hydrogen-bond donors (Lipinski definition) is 0. The lowest BCUT2D eigenvalue weighted by Crippen LogP contribution is -2.07. The lowest BCUT2D eigenvalue weighted by molar-refractivity contribution is -0.130. The molecule has 3 aromatic rings. The van der Waals surface area contributed by atoms with Crippen LogP contribution in [0, 0.1) is 0 Å². The van der Waals surface area contributed by atoms with E-state index < -0.39 is 11.9 Å². The molecule has 1 aromatic carbocycles.